The molecule has 2 rings (SSSR count). The Hall–Kier alpha value is -1.26. The van der Waals surface area contributed by atoms with Crippen LogP contribution in [-0.4, -0.2) is 6.54 Å². The standard InChI is InChI=1S/C17H18BrF2N/c1-3-21-15(10-12-5-4-6-13(18)9-12)14-8-7-11(2)16(19)17(14)20/h4-9,15,21H,3,10H2,1-2H3. The average Bonchev–Trinajstić information content (AvgIpc) is 2.45. The number of benzene rings is 2. The van der Waals surface area contributed by atoms with Crippen LogP contribution in [-0.2, 0) is 6.42 Å². The quantitative estimate of drug-likeness (QED) is 0.803. The highest BCUT2D eigenvalue weighted by Crippen LogP contribution is 2.25. The summed E-state index contributed by atoms with van der Waals surface area (Å²) in [6.07, 6.45) is 0.604. The van der Waals surface area contributed by atoms with E-state index in [0.29, 0.717) is 24.1 Å². The molecule has 1 N–H and O–H groups in total. The maximum absolute atomic E-state index is 14.2. The van der Waals surface area contributed by atoms with Crippen LogP contribution in [0, 0.1) is 18.6 Å². The van der Waals surface area contributed by atoms with Crippen LogP contribution >= 0.6 is 15.9 Å². The molecule has 0 saturated heterocycles. The molecule has 1 atom stereocenters. The van der Waals surface area contributed by atoms with E-state index in [1.54, 1.807) is 19.1 Å². The van der Waals surface area contributed by atoms with E-state index >= 15 is 0 Å². The van der Waals surface area contributed by atoms with Gasteiger partial charge in [-0.05, 0) is 43.1 Å². The Labute approximate surface area is 132 Å². The van der Waals surface area contributed by atoms with E-state index in [2.05, 4.69) is 21.2 Å². The Bertz CT molecular complexity index is 628. The summed E-state index contributed by atoms with van der Waals surface area (Å²) in [7, 11) is 0. The number of likely N-dealkylation sites (N-methyl/N-ethyl adjacent to an activating group) is 1. The van der Waals surface area contributed by atoms with E-state index in [0.717, 1.165) is 10.0 Å². The Morgan fingerprint density at radius 3 is 2.57 bits per heavy atom. The highest BCUT2D eigenvalue weighted by molar-refractivity contribution is 9.10. The maximum Gasteiger partial charge on any atom is 0.163 e. The molecule has 2 aromatic carbocycles. The summed E-state index contributed by atoms with van der Waals surface area (Å²) < 4.78 is 29.0. The van der Waals surface area contributed by atoms with Crippen molar-refractivity contribution in [3.8, 4) is 0 Å². The molecule has 0 spiro atoms. The summed E-state index contributed by atoms with van der Waals surface area (Å²) in [5.41, 5.74) is 1.77. The zero-order valence-corrected chi connectivity index (χ0v) is 13.7. The van der Waals surface area contributed by atoms with Crippen LogP contribution in [0.25, 0.3) is 0 Å². The fourth-order valence-corrected chi connectivity index (χ4v) is 2.81. The van der Waals surface area contributed by atoms with Crippen molar-refractivity contribution in [1.29, 1.82) is 0 Å². The highest BCUT2D eigenvalue weighted by atomic mass is 79.9. The first-order valence-corrected chi connectivity index (χ1v) is 7.74. The third-order valence-electron chi connectivity index (χ3n) is 3.46. The first-order chi connectivity index (χ1) is 10.0. The molecular formula is C17H18BrF2N. The second-order valence-electron chi connectivity index (χ2n) is 5.04. The molecule has 0 aliphatic rings. The van der Waals surface area contributed by atoms with E-state index in [4.69, 9.17) is 0 Å². The predicted octanol–water partition coefficient (Wildman–Crippen LogP) is 4.93. The van der Waals surface area contributed by atoms with Crippen molar-refractivity contribution in [1.82, 2.24) is 5.32 Å². The van der Waals surface area contributed by atoms with Gasteiger partial charge in [-0.25, -0.2) is 8.78 Å². The van der Waals surface area contributed by atoms with Crippen molar-refractivity contribution < 1.29 is 8.78 Å². The van der Waals surface area contributed by atoms with Crippen molar-refractivity contribution in [2.24, 2.45) is 0 Å². The van der Waals surface area contributed by atoms with E-state index < -0.39 is 11.6 Å². The molecule has 0 aromatic heterocycles. The number of hydrogen-bond acceptors (Lipinski definition) is 1. The van der Waals surface area contributed by atoms with Gasteiger partial charge in [-0.2, -0.15) is 0 Å². The zero-order chi connectivity index (χ0) is 15.4. The third-order valence-corrected chi connectivity index (χ3v) is 3.95. The normalized spacial score (nSPS) is 12.4. The number of nitrogens with one attached hydrogen (secondary N) is 1. The van der Waals surface area contributed by atoms with Crippen LogP contribution in [0.3, 0.4) is 0 Å². The summed E-state index contributed by atoms with van der Waals surface area (Å²) in [6, 6.07) is 10.9. The lowest BCUT2D eigenvalue weighted by Crippen LogP contribution is -2.24. The van der Waals surface area contributed by atoms with E-state index in [-0.39, 0.29) is 6.04 Å². The molecule has 112 valence electrons. The van der Waals surface area contributed by atoms with Crippen LogP contribution in [0.4, 0.5) is 8.78 Å². The van der Waals surface area contributed by atoms with Crippen LogP contribution in [0.15, 0.2) is 40.9 Å². The smallest absolute Gasteiger partial charge is 0.163 e. The van der Waals surface area contributed by atoms with Gasteiger partial charge in [0.2, 0.25) is 0 Å². The van der Waals surface area contributed by atoms with Gasteiger partial charge >= 0.3 is 0 Å². The topological polar surface area (TPSA) is 12.0 Å². The SMILES string of the molecule is CCNC(Cc1cccc(Br)c1)c1ccc(C)c(F)c1F. The summed E-state index contributed by atoms with van der Waals surface area (Å²) in [5.74, 6) is -1.51. The molecule has 4 heteroatoms. The van der Waals surface area contributed by atoms with Gasteiger partial charge in [0, 0.05) is 16.1 Å². The van der Waals surface area contributed by atoms with E-state index in [9.17, 15) is 8.78 Å². The van der Waals surface area contributed by atoms with E-state index in [1.165, 1.54) is 0 Å². The van der Waals surface area contributed by atoms with Crippen molar-refractivity contribution in [3.05, 3.63) is 69.2 Å². The summed E-state index contributed by atoms with van der Waals surface area (Å²) in [6.45, 7) is 4.21. The zero-order valence-electron chi connectivity index (χ0n) is 12.1. The summed E-state index contributed by atoms with van der Waals surface area (Å²) in [4.78, 5) is 0. The van der Waals surface area contributed by atoms with Crippen LogP contribution < -0.4 is 5.32 Å². The minimum Gasteiger partial charge on any atom is -0.310 e. The maximum atomic E-state index is 14.2. The van der Waals surface area contributed by atoms with Gasteiger partial charge in [0.1, 0.15) is 0 Å². The fourth-order valence-electron chi connectivity index (χ4n) is 2.37. The Balaban J connectivity index is 2.33. The highest BCUT2D eigenvalue weighted by Gasteiger charge is 2.19. The molecule has 2 aromatic rings. The first kappa shape index (κ1) is 16.1. The molecule has 0 radical (unpaired) electrons. The van der Waals surface area contributed by atoms with Gasteiger partial charge in [0.05, 0.1) is 0 Å². The van der Waals surface area contributed by atoms with E-state index in [1.807, 2.05) is 31.2 Å². The van der Waals surface area contributed by atoms with Crippen LogP contribution in [0.1, 0.15) is 29.7 Å². The molecule has 0 aliphatic heterocycles. The molecule has 21 heavy (non-hydrogen) atoms. The summed E-state index contributed by atoms with van der Waals surface area (Å²) >= 11 is 3.43. The number of aryl methyl sites for hydroxylation is 1. The Morgan fingerprint density at radius 2 is 1.90 bits per heavy atom. The predicted molar refractivity (Wildman–Crippen MR) is 85.4 cm³/mol. The summed E-state index contributed by atoms with van der Waals surface area (Å²) in [5, 5.41) is 3.23. The minimum absolute atomic E-state index is 0.251. The van der Waals surface area contributed by atoms with Crippen LogP contribution in [0.5, 0.6) is 0 Å². The molecular weight excluding hydrogens is 336 g/mol. The third kappa shape index (κ3) is 3.89. The number of hydrogen-bond donors (Lipinski definition) is 1. The number of halogens is 3. The lowest BCUT2D eigenvalue weighted by atomic mass is 9.97. The molecule has 1 nitrogen and oxygen atoms in total. The lowest BCUT2D eigenvalue weighted by molar-refractivity contribution is 0.461. The largest absolute Gasteiger partial charge is 0.310 e. The molecule has 0 bridgehead atoms. The van der Waals surface area contributed by atoms with Crippen molar-refractivity contribution in [2.45, 2.75) is 26.3 Å². The molecule has 0 fully saturated rings. The van der Waals surface area contributed by atoms with Gasteiger partial charge in [-0.15, -0.1) is 0 Å². The number of rotatable bonds is 5. The van der Waals surface area contributed by atoms with Crippen molar-refractivity contribution in [3.63, 3.8) is 0 Å². The molecule has 0 amide bonds. The first-order valence-electron chi connectivity index (χ1n) is 6.95. The van der Waals surface area contributed by atoms with Crippen LogP contribution in [0.2, 0.25) is 0 Å². The average molecular weight is 354 g/mol. The second-order valence-corrected chi connectivity index (χ2v) is 5.96. The Kier molecular flexibility index (Phi) is 5.48. The van der Waals surface area contributed by atoms with Gasteiger partial charge < -0.3 is 5.32 Å². The second kappa shape index (κ2) is 7.14. The van der Waals surface area contributed by atoms with Gasteiger partial charge in [0.15, 0.2) is 11.6 Å². The van der Waals surface area contributed by atoms with Gasteiger partial charge in [-0.1, -0.05) is 47.1 Å². The fraction of sp³-hybridized carbons (Fsp3) is 0.294. The van der Waals surface area contributed by atoms with Crippen molar-refractivity contribution >= 4 is 15.9 Å². The molecule has 0 saturated carbocycles. The van der Waals surface area contributed by atoms with Crippen molar-refractivity contribution in [2.75, 3.05) is 6.54 Å². The molecule has 0 aliphatic carbocycles. The molecule has 1 unspecified atom stereocenters. The monoisotopic (exact) mass is 353 g/mol. The minimum atomic E-state index is -0.760. The molecule has 0 heterocycles. The lowest BCUT2D eigenvalue weighted by Gasteiger charge is -2.20. The Morgan fingerprint density at radius 1 is 1.14 bits per heavy atom. The van der Waals surface area contributed by atoms with Gasteiger partial charge in [0.25, 0.3) is 0 Å². The van der Waals surface area contributed by atoms with Gasteiger partial charge in [-0.3, -0.25) is 0 Å².